The second-order valence-corrected chi connectivity index (χ2v) is 9.27. The molecule has 1 unspecified atom stereocenters. The van der Waals surface area contributed by atoms with E-state index in [1.54, 1.807) is 20.1 Å². The van der Waals surface area contributed by atoms with Gasteiger partial charge < -0.3 is 19.6 Å². The first-order chi connectivity index (χ1) is 16.9. The summed E-state index contributed by atoms with van der Waals surface area (Å²) in [5, 5.41) is 11.5. The summed E-state index contributed by atoms with van der Waals surface area (Å²) in [5.74, 6) is 0.472. The minimum Gasteiger partial charge on any atom is -0.497 e. The van der Waals surface area contributed by atoms with Crippen LogP contribution in [0.25, 0.3) is 10.9 Å². The highest BCUT2D eigenvalue weighted by molar-refractivity contribution is 7.99. The molecule has 1 aliphatic heterocycles. The van der Waals surface area contributed by atoms with Crippen LogP contribution in [-0.4, -0.2) is 12.1 Å². The molecule has 0 radical (unpaired) electrons. The van der Waals surface area contributed by atoms with E-state index in [0.29, 0.717) is 22.1 Å². The van der Waals surface area contributed by atoms with Gasteiger partial charge in [0.05, 0.1) is 24.1 Å². The lowest BCUT2D eigenvalue weighted by Crippen LogP contribution is -2.26. The molecule has 5 rings (SSSR count). The Labute approximate surface area is 205 Å². The van der Waals surface area contributed by atoms with Crippen LogP contribution >= 0.6 is 11.8 Å². The van der Waals surface area contributed by atoms with Crippen LogP contribution in [0.1, 0.15) is 28.4 Å². The van der Waals surface area contributed by atoms with Crippen molar-refractivity contribution in [2.75, 3.05) is 7.11 Å². The van der Waals surface area contributed by atoms with E-state index in [1.807, 2.05) is 55.5 Å². The molecular weight excluding hydrogens is 462 g/mol. The van der Waals surface area contributed by atoms with Crippen LogP contribution in [0.2, 0.25) is 0 Å². The molecular formula is C27H21N3O4S. The molecule has 0 amide bonds. The highest BCUT2D eigenvalue weighted by Gasteiger charge is 2.36. The number of rotatable bonds is 4. The van der Waals surface area contributed by atoms with Gasteiger partial charge in [0, 0.05) is 16.3 Å². The lowest BCUT2D eigenvalue weighted by Gasteiger charge is -2.26. The molecule has 7 nitrogen and oxygen atoms in total. The first kappa shape index (κ1) is 22.6. The third kappa shape index (κ3) is 4.11. The number of benzene rings is 2. The number of hydrogen-bond acceptors (Lipinski definition) is 8. The third-order valence-electron chi connectivity index (χ3n) is 5.82. The van der Waals surface area contributed by atoms with Gasteiger partial charge in [-0.05, 0) is 55.8 Å². The summed E-state index contributed by atoms with van der Waals surface area (Å²) in [7, 11) is 1.59. The Morgan fingerprint density at radius 1 is 1.11 bits per heavy atom. The van der Waals surface area contributed by atoms with Crippen molar-refractivity contribution in [2.45, 2.75) is 29.7 Å². The van der Waals surface area contributed by atoms with E-state index in [1.165, 1.54) is 11.8 Å². The first-order valence-corrected chi connectivity index (χ1v) is 11.6. The quantitative estimate of drug-likeness (QED) is 0.422. The Hall–Kier alpha value is -4.22. The van der Waals surface area contributed by atoms with Gasteiger partial charge in [-0.2, -0.15) is 5.26 Å². The van der Waals surface area contributed by atoms with Crippen molar-refractivity contribution in [1.29, 1.82) is 5.26 Å². The molecule has 0 saturated heterocycles. The second kappa shape index (κ2) is 8.85. The number of nitrogens with two attached hydrogens (primary N) is 1. The Balaban J connectivity index is 1.80. The zero-order valence-electron chi connectivity index (χ0n) is 19.3. The fourth-order valence-corrected chi connectivity index (χ4v) is 5.05. The van der Waals surface area contributed by atoms with Crippen LogP contribution in [0, 0.1) is 25.2 Å². The normalized spacial score (nSPS) is 14.9. The molecule has 35 heavy (non-hydrogen) atoms. The summed E-state index contributed by atoms with van der Waals surface area (Å²) in [6, 6.07) is 19.3. The van der Waals surface area contributed by atoms with Crippen LogP contribution in [0.5, 0.6) is 11.5 Å². The van der Waals surface area contributed by atoms with Gasteiger partial charge in [0.15, 0.2) is 0 Å². The molecule has 0 aliphatic carbocycles. The lowest BCUT2D eigenvalue weighted by molar-refractivity contribution is 0.371. The minimum atomic E-state index is -0.809. The number of nitrogens with zero attached hydrogens (tertiary/aromatic N) is 2. The van der Waals surface area contributed by atoms with E-state index in [-0.39, 0.29) is 22.8 Å². The summed E-state index contributed by atoms with van der Waals surface area (Å²) in [6.45, 7) is 3.68. The van der Waals surface area contributed by atoms with Crippen molar-refractivity contribution >= 4 is 22.7 Å². The van der Waals surface area contributed by atoms with Gasteiger partial charge in [0.1, 0.15) is 33.9 Å². The van der Waals surface area contributed by atoms with E-state index in [4.69, 9.17) is 24.6 Å². The zero-order valence-corrected chi connectivity index (χ0v) is 20.1. The topological polar surface area (TPSA) is 111 Å². The van der Waals surface area contributed by atoms with Crippen molar-refractivity contribution in [1.82, 2.24) is 4.98 Å². The van der Waals surface area contributed by atoms with Gasteiger partial charge in [-0.1, -0.05) is 29.5 Å². The van der Waals surface area contributed by atoms with Crippen molar-refractivity contribution in [2.24, 2.45) is 5.73 Å². The minimum absolute atomic E-state index is 0.0491. The number of nitriles is 1. The fourth-order valence-electron chi connectivity index (χ4n) is 4.12. The predicted molar refractivity (Wildman–Crippen MR) is 133 cm³/mol. The van der Waals surface area contributed by atoms with Gasteiger partial charge in [0.25, 0.3) is 0 Å². The molecule has 0 bridgehead atoms. The highest BCUT2D eigenvalue weighted by Crippen LogP contribution is 2.45. The Kier molecular flexibility index (Phi) is 5.71. The summed E-state index contributed by atoms with van der Waals surface area (Å²) in [4.78, 5) is 18.9. The van der Waals surface area contributed by atoms with Crippen LogP contribution in [-0.2, 0) is 0 Å². The maximum atomic E-state index is 13.0. The molecule has 8 heteroatoms. The average Bonchev–Trinajstić information content (AvgIpc) is 2.83. The number of ether oxygens (including phenoxy) is 2. The van der Waals surface area contributed by atoms with Gasteiger partial charge >= 0.3 is 5.63 Å². The zero-order chi connectivity index (χ0) is 24.7. The molecule has 0 spiro atoms. The SMILES string of the molecule is COc1ccc2nc(Sc3ccc(C)cc3)c(C3C(C#N)=C(N)Oc4cc(C)oc(=O)c43)cc2c1. The van der Waals surface area contributed by atoms with Gasteiger partial charge in [0.2, 0.25) is 5.88 Å². The van der Waals surface area contributed by atoms with Crippen LogP contribution in [0.15, 0.2) is 85.2 Å². The summed E-state index contributed by atoms with van der Waals surface area (Å²) in [6.07, 6.45) is 0. The average molecular weight is 484 g/mol. The Morgan fingerprint density at radius 2 is 1.89 bits per heavy atom. The number of allylic oxidation sites excluding steroid dienone is 1. The number of pyridine rings is 1. The molecule has 1 aliphatic rings. The number of aromatic nitrogens is 1. The number of fused-ring (bicyclic) bond motifs is 2. The predicted octanol–water partition coefficient (Wildman–Crippen LogP) is 5.18. The molecule has 1 atom stereocenters. The molecule has 2 aromatic carbocycles. The van der Waals surface area contributed by atoms with E-state index < -0.39 is 11.5 Å². The van der Waals surface area contributed by atoms with E-state index >= 15 is 0 Å². The van der Waals surface area contributed by atoms with Crippen LogP contribution in [0.3, 0.4) is 0 Å². The molecule has 2 aromatic heterocycles. The van der Waals surface area contributed by atoms with Crippen molar-refractivity contribution in [3.8, 4) is 17.6 Å². The number of aryl methyl sites for hydroxylation is 2. The molecule has 0 fully saturated rings. The third-order valence-corrected chi connectivity index (χ3v) is 6.85. The van der Waals surface area contributed by atoms with Crippen LogP contribution in [0.4, 0.5) is 0 Å². The van der Waals surface area contributed by atoms with E-state index in [9.17, 15) is 10.1 Å². The van der Waals surface area contributed by atoms with Gasteiger partial charge in [-0.25, -0.2) is 9.78 Å². The first-order valence-electron chi connectivity index (χ1n) is 10.8. The summed E-state index contributed by atoms with van der Waals surface area (Å²) in [5.41, 5.74) is 8.47. The maximum Gasteiger partial charge on any atom is 0.343 e. The molecule has 4 aromatic rings. The summed E-state index contributed by atoms with van der Waals surface area (Å²) >= 11 is 1.45. The van der Waals surface area contributed by atoms with Crippen molar-refractivity contribution in [3.63, 3.8) is 0 Å². The lowest BCUT2D eigenvalue weighted by atomic mass is 9.84. The largest absolute Gasteiger partial charge is 0.497 e. The van der Waals surface area contributed by atoms with Crippen molar-refractivity contribution in [3.05, 3.63) is 98.9 Å². The highest BCUT2D eigenvalue weighted by atomic mass is 32.2. The number of hydrogen-bond donors (Lipinski definition) is 1. The second-order valence-electron chi connectivity index (χ2n) is 8.20. The summed E-state index contributed by atoms with van der Waals surface area (Å²) < 4.78 is 16.5. The van der Waals surface area contributed by atoms with E-state index in [2.05, 4.69) is 6.07 Å². The molecule has 2 N–H and O–H groups in total. The number of methoxy groups -OCH3 is 1. The Bertz CT molecular complexity index is 1600. The maximum absolute atomic E-state index is 13.0. The van der Waals surface area contributed by atoms with E-state index in [0.717, 1.165) is 21.4 Å². The van der Waals surface area contributed by atoms with Gasteiger partial charge in [-0.3, -0.25) is 0 Å². The standard InChI is InChI=1S/C27H21N3O4S/c1-14-4-7-18(8-5-14)35-26-19(12-16-11-17(32-3)6-9-21(16)30-26)23-20(13-28)25(29)34-22-10-15(2)33-27(31)24(22)23/h4-12,23H,29H2,1-3H3. The molecule has 174 valence electrons. The smallest absolute Gasteiger partial charge is 0.343 e. The van der Waals surface area contributed by atoms with Crippen molar-refractivity contribution < 1.29 is 13.9 Å². The molecule has 3 heterocycles. The fraction of sp³-hybridized carbons (Fsp3) is 0.148. The molecule has 0 saturated carbocycles. The van der Waals surface area contributed by atoms with Gasteiger partial charge in [-0.15, -0.1) is 0 Å². The Morgan fingerprint density at radius 3 is 2.60 bits per heavy atom. The monoisotopic (exact) mass is 483 g/mol. The van der Waals surface area contributed by atoms with Crippen LogP contribution < -0.4 is 20.8 Å².